The summed E-state index contributed by atoms with van der Waals surface area (Å²) in [4.78, 5) is 10.3. The standard InChI is InChI=1S/C22H21ClN4OS2/c23-19-9-8-18(30-19)21-20(17-3-1-2-10-24-17)25-22(29)27(21)16-6-4-15(5-7-16)26-11-13-28-14-12-26/h1-10,20-21H,11-14H2,(H,25,29)/t20-,21+/m1/s1. The zero-order valence-electron chi connectivity index (χ0n) is 16.2. The highest BCUT2D eigenvalue weighted by Gasteiger charge is 2.41. The first-order chi connectivity index (χ1) is 14.7. The fraction of sp³-hybridized carbons (Fsp3) is 0.273. The molecule has 1 N–H and O–H groups in total. The Bertz CT molecular complexity index is 1020. The molecule has 30 heavy (non-hydrogen) atoms. The number of hydrogen-bond donors (Lipinski definition) is 1. The van der Waals surface area contributed by atoms with Crippen molar-refractivity contribution in [2.45, 2.75) is 12.1 Å². The predicted molar refractivity (Wildman–Crippen MR) is 127 cm³/mol. The zero-order chi connectivity index (χ0) is 20.5. The molecule has 4 heterocycles. The first-order valence-electron chi connectivity index (χ1n) is 9.89. The third-order valence-electron chi connectivity index (χ3n) is 5.49. The maximum absolute atomic E-state index is 6.28. The summed E-state index contributed by atoms with van der Waals surface area (Å²) < 4.78 is 6.24. The monoisotopic (exact) mass is 456 g/mol. The van der Waals surface area contributed by atoms with Gasteiger partial charge in [-0.15, -0.1) is 11.3 Å². The quantitative estimate of drug-likeness (QED) is 0.568. The minimum absolute atomic E-state index is 0.0147. The molecule has 2 aliphatic heterocycles. The molecule has 0 bridgehead atoms. The number of morpholine rings is 1. The lowest BCUT2D eigenvalue weighted by molar-refractivity contribution is 0.122. The highest BCUT2D eigenvalue weighted by atomic mass is 35.5. The predicted octanol–water partition coefficient (Wildman–Crippen LogP) is 4.81. The van der Waals surface area contributed by atoms with E-state index in [0.29, 0.717) is 5.11 Å². The number of aromatic nitrogens is 1. The summed E-state index contributed by atoms with van der Waals surface area (Å²) in [5.41, 5.74) is 3.22. The first-order valence-corrected chi connectivity index (χ1v) is 11.5. The highest BCUT2D eigenvalue weighted by molar-refractivity contribution is 7.80. The van der Waals surface area contributed by atoms with Gasteiger partial charge in [-0.1, -0.05) is 17.7 Å². The minimum atomic E-state index is -0.0488. The maximum atomic E-state index is 6.28. The maximum Gasteiger partial charge on any atom is 0.174 e. The van der Waals surface area contributed by atoms with Gasteiger partial charge in [0, 0.05) is 35.5 Å². The van der Waals surface area contributed by atoms with Gasteiger partial charge in [-0.05, 0) is 60.7 Å². The van der Waals surface area contributed by atoms with Crippen LogP contribution in [0.3, 0.4) is 0 Å². The molecule has 0 spiro atoms. The molecule has 1 aromatic carbocycles. The smallest absolute Gasteiger partial charge is 0.174 e. The molecule has 8 heteroatoms. The lowest BCUT2D eigenvalue weighted by Gasteiger charge is -2.30. The lowest BCUT2D eigenvalue weighted by atomic mass is 10.0. The van der Waals surface area contributed by atoms with Gasteiger partial charge in [-0.3, -0.25) is 4.98 Å². The van der Waals surface area contributed by atoms with E-state index in [0.717, 1.165) is 46.9 Å². The van der Waals surface area contributed by atoms with Crippen molar-refractivity contribution in [3.05, 3.63) is 75.7 Å². The molecule has 0 aliphatic carbocycles. The molecule has 2 atom stereocenters. The van der Waals surface area contributed by atoms with E-state index in [1.807, 2.05) is 30.5 Å². The Morgan fingerprint density at radius 2 is 1.80 bits per heavy atom. The fourth-order valence-corrected chi connectivity index (χ4v) is 5.59. The summed E-state index contributed by atoms with van der Waals surface area (Å²) in [6, 6.07) is 18.5. The Morgan fingerprint density at radius 1 is 1.03 bits per heavy atom. The molecule has 2 aromatic heterocycles. The number of ether oxygens (including phenoxy) is 1. The van der Waals surface area contributed by atoms with Crippen molar-refractivity contribution >= 4 is 51.6 Å². The topological polar surface area (TPSA) is 40.6 Å². The summed E-state index contributed by atoms with van der Waals surface area (Å²) >= 11 is 13.6. The van der Waals surface area contributed by atoms with Crippen molar-refractivity contribution in [3.8, 4) is 0 Å². The van der Waals surface area contributed by atoms with Gasteiger partial charge in [0.25, 0.3) is 0 Å². The van der Waals surface area contributed by atoms with E-state index in [-0.39, 0.29) is 12.1 Å². The third kappa shape index (κ3) is 3.78. The van der Waals surface area contributed by atoms with Crippen LogP contribution in [0.5, 0.6) is 0 Å². The van der Waals surface area contributed by atoms with Gasteiger partial charge in [0.15, 0.2) is 5.11 Å². The van der Waals surface area contributed by atoms with Gasteiger partial charge < -0.3 is 19.9 Å². The zero-order valence-corrected chi connectivity index (χ0v) is 18.6. The van der Waals surface area contributed by atoms with Crippen LogP contribution in [0.4, 0.5) is 11.4 Å². The van der Waals surface area contributed by atoms with E-state index in [4.69, 9.17) is 28.6 Å². The highest BCUT2D eigenvalue weighted by Crippen LogP contribution is 2.44. The number of rotatable bonds is 4. The van der Waals surface area contributed by atoms with Crippen molar-refractivity contribution in [3.63, 3.8) is 0 Å². The molecule has 5 nitrogen and oxygen atoms in total. The van der Waals surface area contributed by atoms with Gasteiger partial charge in [-0.25, -0.2) is 0 Å². The second kappa shape index (κ2) is 8.51. The van der Waals surface area contributed by atoms with Crippen LogP contribution in [-0.4, -0.2) is 36.4 Å². The van der Waals surface area contributed by atoms with Crippen LogP contribution in [-0.2, 0) is 4.74 Å². The average molecular weight is 457 g/mol. The van der Waals surface area contributed by atoms with Gasteiger partial charge in [0.2, 0.25) is 0 Å². The molecule has 5 rings (SSSR count). The number of thiophene rings is 1. The van der Waals surface area contributed by atoms with E-state index in [1.165, 1.54) is 5.69 Å². The van der Waals surface area contributed by atoms with Crippen LogP contribution in [0.1, 0.15) is 22.7 Å². The van der Waals surface area contributed by atoms with Crippen LogP contribution in [0.25, 0.3) is 0 Å². The number of thiocarbonyl (C=S) groups is 1. The number of nitrogens with one attached hydrogen (secondary N) is 1. The normalized spacial score (nSPS) is 21.7. The molecule has 0 saturated carbocycles. The van der Waals surface area contributed by atoms with E-state index in [2.05, 4.69) is 50.4 Å². The second-order valence-corrected chi connectivity index (χ2v) is 9.39. The molecule has 0 unspecified atom stereocenters. The number of nitrogens with zero attached hydrogens (tertiary/aromatic N) is 3. The Balaban J connectivity index is 1.50. The second-order valence-electron chi connectivity index (χ2n) is 7.25. The molecule has 0 radical (unpaired) electrons. The molecule has 154 valence electrons. The van der Waals surface area contributed by atoms with Crippen LogP contribution in [0, 0.1) is 0 Å². The lowest BCUT2D eigenvalue weighted by Crippen LogP contribution is -2.36. The molecular formula is C22H21ClN4OS2. The Kier molecular flexibility index (Phi) is 5.60. The van der Waals surface area contributed by atoms with Gasteiger partial charge in [0.05, 0.1) is 35.3 Å². The number of anilines is 2. The first kappa shape index (κ1) is 19.8. The van der Waals surface area contributed by atoms with Crippen molar-refractivity contribution in [1.29, 1.82) is 0 Å². The fourth-order valence-electron chi connectivity index (χ4n) is 4.05. The summed E-state index contributed by atoms with van der Waals surface area (Å²) in [6.45, 7) is 3.38. The molecular weight excluding hydrogens is 436 g/mol. The summed E-state index contributed by atoms with van der Waals surface area (Å²) in [7, 11) is 0. The van der Waals surface area contributed by atoms with E-state index in [9.17, 15) is 0 Å². The van der Waals surface area contributed by atoms with E-state index in [1.54, 1.807) is 11.3 Å². The Hall–Kier alpha value is -2.19. The van der Waals surface area contributed by atoms with Crippen LogP contribution in [0.2, 0.25) is 4.34 Å². The molecule has 2 saturated heterocycles. The van der Waals surface area contributed by atoms with Crippen molar-refractivity contribution in [2.24, 2.45) is 0 Å². The largest absolute Gasteiger partial charge is 0.378 e. The van der Waals surface area contributed by atoms with Crippen molar-refractivity contribution in [1.82, 2.24) is 10.3 Å². The Morgan fingerprint density at radius 3 is 2.47 bits per heavy atom. The van der Waals surface area contributed by atoms with E-state index < -0.39 is 0 Å². The Labute approximate surface area is 190 Å². The van der Waals surface area contributed by atoms with Gasteiger partial charge >= 0.3 is 0 Å². The van der Waals surface area contributed by atoms with E-state index >= 15 is 0 Å². The van der Waals surface area contributed by atoms with Crippen LogP contribution in [0.15, 0.2) is 60.8 Å². The molecule has 0 amide bonds. The van der Waals surface area contributed by atoms with Gasteiger partial charge in [0.1, 0.15) is 0 Å². The van der Waals surface area contributed by atoms with Crippen LogP contribution < -0.4 is 15.1 Å². The van der Waals surface area contributed by atoms with Gasteiger partial charge in [-0.2, -0.15) is 0 Å². The van der Waals surface area contributed by atoms with Crippen molar-refractivity contribution in [2.75, 3.05) is 36.1 Å². The average Bonchev–Trinajstić information content (AvgIpc) is 3.38. The summed E-state index contributed by atoms with van der Waals surface area (Å²) in [5.74, 6) is 0. The SMILES string of the molecule is S=C1N[C@H](c2ccccn2)[C@H](c2ccc(Cl)s2)N1c1ccc(N2CCOCC2)cc1. The number of benzene rings is 1. The number of halogens is 1. The summed E-state index contributed by atoms with van der Waals surface area (Å²) in [6.07, 6.45) is 1.82. The van der Waals surface area contributed by atoms with Crippen LogP contribution >= 0.6 is 35.2 Å². The minimum Gasteiger partial charge on any atom is -0.378 e. The molecule has 2 aliphatic rings. The third-order valence-corrected chi connectivity index (χ3v) is 7.10. The summed E-state index contributed by atoms with van der Waals surface area (Å²) in [5, 5.41) is 4.18. The molecule has 3 aromatic rings. The number of hydrogen-bond acceptors (Lipinski definition) is 5. The van der Waals surface area contributed by atoms with Crippen molar-refractivity contribution < 1.29 is 4.74 Å². The number of pyridine rings is 1. The molecule has 2 fully saturated rings.